The van der Waals surface area contributed by atoms with Gasteiger partial charge in [0.15, 0.2) is 0 Å². The van der Waals surface area contributed by atoms with E-state index in [-0.39, 0.29) is 18.8 Å². The molecule has 13 nitrogen and oxygen atoms in total. The molecule has 0 amide bonds. The van der Waals surface area contributed by atoms with Crippen molar-refractivity contribution in [1.29, 1.82) is 0 Å². The van der Waals surface area contributed by atoms with Crippen molar-refractivity contribution in [2.45, 2.75) is 6.92 Å². The van der Waals surface area contributed by atoms with E-state index in [0.717, 1.165) is 0 Å². The van der Waals surface area contributed by atoms with Crippen LogP contribution < -0.4 is 0 Å². The summed E-state index contributed by atoms with van der Waals surface area (Å²) < 4.78 is 46.4. The lowest BCUT2D eigenvalue weighted by atomic mass is 10.4. The lowest BCUT2D eigenvalue weighted by molar-refractivity contribution is -0.132. The van der Waals surface area contributed by atoms with Gasteiger partial charge in [-0.2, -0.15) is 0 Å². The summed E-state index contributed by atoms with van der Waals surface area (Å²) in [6.07, 6.45) is 0. The fourth-order valence-corrected chi connectivity index (χ4v) is 1.77. The Bertz CT molecular complexity index is 401. The van der Waals surface area contributed by atoms with Crippen molar-refractivity contribution in [2.75, 3.05) is 133 Å². The minimum Gasteiger partial charge on any atom is -0.478 e. The van der Waals surface area contributed by atoms with Crippen molar-refractivity contribution in [3.05, 3.63) is 12.2 Å². The molecular formula is C24H50O13. The summed E-state index contributed by atoms with van der Waals surface area (Å²) in [6, 6.07) is 0. The highest BCUT2D eigenvalue weighted by atomic mass is 16.6. The van der Waals surface area contributed by atoms with E-state index in [1.165, 1.54) is 6.92 Å². The van der Waals surface area contributed by atoms with Crippen molar-refractivity contribution in [3.63, 3.8) is 0 Å². The van der Waals surface area contributed by atoms with Crippen molar-refractivity contribution < 1.29 is 62.7 Å². The normalized spacial score (nSPS) is 10.3. The first-order valence-electron chi connectivity index (χ1n) is 12.1. The summed E-state index contributed by atoms with van der Waals surface area (Å²) in [4.78, 5) is 9.60. The molecule has 0 unspecified atom stereocenters. The van der Waals surface area contributed by atoms with E-state index in [9.17, 15) is 4.79 Å². The lowest BCUT2D eigenvalue weighted by Gasteiger charge is -2.08. The summed E-state index contributed by atoms with van der Waals surface area (Å²) in [5.74, 6) is -0.935. The van der Waals surface area contributed by atoms with Crippen LogP contribution >= 0.6 is 0 Å². The van der Waals surface area contributed by atoms with Gasteiger partial charge in [0, 0.05) is 19.8 Å². The van der Waals surface area contributed by atoms with Gasteiger partial charge in [-0.1, -0.05) is 6.58 Å². The molecule has 0 rings (SSSR count). The third-order valence-corrected chi connectivity index (χ3v) is 3.44. The average Bonchev–Trinajstić information content (AvgIpc) is 2.87. The van der Waals surface area contributed by atoms with Gasteiger partial charge in [-0.25, -0.2) is 4.79 Å². The van der Waals surface area contributed by atoms with E-state index in [0.29, 0.717) is 106 Å². The third kappa shape index (κ3) is 48.4. The minimum absolute atomic E-state index is 0.0294. The topological polar surface area (TPSA) is 161 Å². The number of rotatable bonds is 26. The van der Waals surface area contributed by atoms with Gasteiger partial charge in [0.25, 0.3) is 0 Å². The molecule has 0 aliphatic rings. The Morgan fingerprint density at radius 3 is 0.757 bits per heavy atom. The fourth-order valence-electron chi connectivity index (χ4n) is 1.77. The van der Waals surface area contributed by atoms with Crippen molar-refractivity contribution in [1.82, 2.24) is 0 Å². The molecule has 0 aliphatic heterocycles. The lowest BCUT2D eigenvalue weighted by Crippen LogP contribution is -2.15. The van der Waals surface area contributed by atoms with Gasteiger partial charge in [-0.15, -0.1) is 0 Å². The monoisotopic (exact) mass is 546 g/mol. The molecule has 224 valence electrons. The molecule has 0 aliphatic carbocycles. The van der Waals surface area contributed by atoms with Crippen LogP contribution in [0.2, 0.25) is 0 Å². The minimum atomic E-state index is -0.935. The molecule has 0 heterocycles. The number of hydrogen-bond acceptors (Lipinski definition) is 12. The summed E-state index contributed by atoms with van der Waals surface area (Å²) in [7, 11) is 3.25. The fraction of sp³-hybridized carbons (Fsp3) is 0.875. The zero-order chi connectivity index (χ0) is 28.2. The largest absolute Gasteiger partial charge is 0.478 e. The number of carboxylic acids is 1. The first-order valence-corrected chi connectivity index (χ1v) is 12.1. The highest BCUT2D eigenvalue weighted by Gasteiger charge is 1.95. The molecular weight excluding hydrogens is 496 g/mol. The van der Waals surface area contributed by atoms with Gasteiger partial charge in [0.1, 0.15) is 0 Å². The smallest absolute Gasteiger partial charge is 0.330 e. The van der Waals surface area contributed by atoms with Gasteiger partial charge < -0.3 is 58.0 Å². The average molecular weight is 547 g/mol. The molecule has 0 spiro atoms. The summed E-state index contributed by atoms with van der Waals surface area (Å²) in [5, 5.41) is 24.9. The predicted molar refractivity (Wildman–Crippen MR) is 136 cm³/mol. The molecule has 0 saturated heterocycles. The van der Waals surface area contributed by atoms with Crippen molar-refractivity contribution >= 4 is 5.97 Å². The highest BCUT2D eigenvalue weighted by Crippen LogP contribution is 1.85. The van der Waals surface area contributed by atoms with E-state index in [1.807, 2.05) is 0 Å². The van der Waals surface area contributed by atoms with Crippen LogP contribution in [-0.2, 0) is 47.4 Å². The van der Waals surface area contributed by atoms with Crippen molar-refractivity contribution in [3.8, 4) is 0 Å². The zero-order valence-corrected chi connectivity index (χ0v) is 22.9. The maximum absolute atomic E-state index is 9.60. The van der Waals surface area contributed by atoms with Gasteiger partial charge in [-0.05, 0) is 6.92 Å². The van der Waals surface area contributed by atoms with Crippen LogP contribution in [0.25, 0.3) is 0 Å². The number of hydrogen-bond donors (Lipinski definition) is 3. The van der Waals surface area contributed by atoms with E-state index in [1.54, 1.807) is 14.2 Å². The predicted octanol–water partition coefficient (Wildman–Crippen LogP) is 0.0135. The summed E-state index contributed by atoms with van der Waals surface area (Å²) in [5.41, 5.74) is 0.176. The van der Waals surface area contributed by atoms with E-state index in [4.69, 9.17) is 53.2 Å². The van der Waals surface area contributed by atoms with E-state index in [2.05, 4.69) is 11.3 Å². The van der Waals surface area contributed by atoms with Crippen LogP contribution in [0, 0.1) is 0 Å². The molecule has 0 aromatic heterocycles. The molecule has 37 heavy (non-hydrogen) atoms. The van der Waals surface area contributed by atoms with Gasteiger partial charge in [0.2, 0.25) is 0 Å². The highest BCUT2D eigenvalue weighted by molar-refractivity contribution is 5.84. The summed E-state index contributed by atoms with van der Waals surface area (Å²) in [6.45, 7) is 12.4. The second kappa shape index (κ2) is 39.3. The Balaban J connectivity index is -0.00000109. The number of aliphatic carboxylic acids is 1. The number of carbonyl (C=O) groups is 1. The van der Waals surface area contributed by atoms with Crippen LogP contribution in [0.4, 0.5) is 0 Å². The third-order valence-electron chi connectivity index (χ3n) is 3.44. The van der Waals surface area contributed by atoms with E-state index >= 15 is 0 Å². The molecule has 0 fully saturated rings. The maximum atomic E-state index is 9.60. The second-order valence-corrected chi connectivity index (χ2v) is 6.84. The SMILES string of the molecule is C=C(C)C(=O)O.COC.OCCOCCOCCOCCOCCOCCOCCOCCOCCO. The van der Waals surface area contributed by atoms with Crippen LogP contribution in [0.5, 0.6) is 0 Å². The Morgan fingerprint density at radius 2 is 0.649 bits per heavy atom. The molecule has 0 radical (unpaired) electrons. The molecule has 0 aromatic rings. The number of ether oxygens (including phenoxy) is 9. The molecule has 0 aromatic carbocycles. The Morgan fingerprint density at radius 1 is 0.514 bits per heavy atom. The van der Waals surface area contributed by atoms with Gasteiger partial charge in [-0.3, -0.25) is 0 Å². The summed E-state index contributed by atoms with van der Waals surface area (Å²) >= 11 is 0. The number of aliphatic hydroxyl groups excluding tert-OH is 2. The van der Waals surface area contributed by atoms with Crippen LogP contribution in [-0.4, -0.2) is 154 Å². The molecule has 0 atom stereocenters. The van der Waals surface area contributed by atoms with E-state index < -0.39 is 5.97 Å². The van der Waals surface area contributed by atoms with Crippen LogP contribution in [0.15, 0.2) is 12.2 Å². The quantitative estimate of drug-likeness (QED) is 0.0984. The Labute approximate surface area is 221 Å². The molecule has 13 heteroatoms. The zero-order valence-electron chi connectivity index (χ0n) is 22.9. The van der Waals surface area contributed by atoms with Crippen LogP contribution in [0.1, 0.15) is 6.92 Å². The number of carboxylic acid groups (broad SMARTS) is 1. The molecule has 0 saturated carbocycles. The van der Waals surface area contributed by atoms with Crippen molar-refractivity contribution in [2.24, 2.45) is 0 Å². The van der Waals surface area contributed by atoms with Crippen LogP contribution in [0.3, 0.4) is 0 Å². The molecule has 3 N–H and O–H groups in total. The van der Waals surface area contributed by atoms with Gasteiger partial charge >= 0.3 is 5.97 Å². The Hall–Kier alpha value is -1.23. The second-order valence-electron chi connectivity index (χ2n) is 6.84. The first kappa shape index (κ1) is 40.3. The number of aliphatic hydroxyl groups is 2. The maximum Gasteiger partial charge on any atom is 0.330 e. The first-order chi connectivity index (χ1) is 18.0. The number of methoxy groups -OCH3 is 1. The standard InChI is InChI=1S/C18H38O10.C4H6O2.C2H6O/c19-1-3-21-5-7-23-9-11-25-13-15-27-17-18-28-16-14-26-12-10-24-8-6-22-4-2-20;1-3(2)4(5)6;1-3-2/h19-20H,1-18H2;1H2,2H3,(H,5,6);1-2H3. The Kier molecular flexibility index (Phi) is 42.8. The van der Waals surface area contributed by atoms with Gasteiger partial charge in [0.05, 0.1) is 119 Å². The molecule has 0 bridgehead atoms.